The van der Waals surface area contributed by atoms with Crippen LogP contribution in [0.5, 0.6) is 11.5 Å². The fourth-order valence-corrected chi connectivity index (χ4v) is 2.71. The number of carboxylic acids is 1. The summed E-state index contributed by atoms with van der Waals surface area (Å²) in [6.45, 7) is 0. The Morgan fingerprint density at radius 3 is 2.52 bits per heavy atom. The Morgan fingerprint density at radius 1 is 1.15 bits per heavy atom. The lowest BCUT2D eigenvalue weighted by atomic mass is 10.0. The van der Waals surface area contributed by atoms with E-state index in [1.807, 2.05) is 0 Å². The van der Waals surface area contributed by atoms with Crippen LogP contribution < -0.4 is 14.8 Å². The first-order valence-corrected chi connectivity index (χ1v) is 8.46. The summed E-state index contributed by atoms with van der Waals surface area (Å²) in [5.41, 5.74) is 0.765. The molecule has 0 saturated carbocycles. The first-order chi connectivity index (χ1) is 12.8. The zero-order chi connectivity index (χ0) is 20.0. The van der Waals surface area contributed by atoms with Gasteiger partial charge in [-0.2, -0.15) is 0 Å². The second-order valence-electron chi connectivity index (χ2n) is 5.71. The van der Waals surface area contributed by atoms with Crippen LogP contribution in [0.4, 0.5) is 5.69 Å². The minimum absolute atomic E-state index is 0.0291. The highest BCUT2D eigenvalue weighted by Crippen LogP contribution is 2.31. The predicted octanol–water partition coefficient (Wildman–Crippen LogP) is 3.51. The van der Waals surface area contributed by atoms with Gasteiger partial charge in [-0.25, -0.2) is 4.79 Å². The number of anilines is 1. The first kappa shape index (κ1) is 20.5. The fourth-order valence-electron chi connectivity index (χ4n) is 2.51. The lowest BCUT2D eigenvalue weighted by Gasteiger charge is -2.15. The van der Waals surface area contributed by atoms with Crippen LogP contribution in [0, 0.1) is 0 Å². The van der Waals surface area contributed by atoms with Crippen LogP contribution in [0.25, 0.3) is 0 Å². The highest BCUT2D eigenvalue weighted by molar-refractivity contribution is 6.33. The van der Waals surface area contributed by atoms with Gasteiger partial charge in [0.15, 0.2) is 0 Å². The Kier molecular flexibility index (Phi) is 7.04. The van der Waals surface area contributed by atoms with Crippen molar-refractivity contribution in [2.45, 2.75) is 18.9 Å². The van der Waals surface area contributed by atoms with Gasteiger partial charge in [-0.3, -0.25) is 4.79 Å². The third kappa shape index (κ3) is 5.35. The number of halogens is 1. The molecule has 144 valence electrons. The van der Waals surface area contributed by atoms with E-state index < -0.39 is 12.1 Å². The number of carboxylic acid groups (broad SMARTS) is 1. The summed E-state index contributed by atoms with van der Waals surface area (Å²) >= 11 is 5.80. The van der Waals surface area contributed by atoms with E-state index in [4.69, 9.17) is 26.2 Å². The number of nitrogens with one attached hydrogen (secondary N) is 1. The molecule has 0 heterocycles. The van der Waals surface area contributed by atoms with Crippen molar-refractivity contribution in [3.63, 3.8) is 0 Å². The number of amides is 1. The zero-order valence-electron chi connectivity index (χ0n) is 14.9. The van der Waals surface area contributed by atoms with E-state index >= 15 is 0 Å². The first-order valence-electron chi connectivity index (χ1n) is 8.08. The quantitative estimate of drug-likeness (QED) is 0.633. The van der Waals surface area contributed by atoms with Gasteiger partial charge in [-0.15, -0.1) is 0 Å². The summed E-state index contributed by atoms with van der Waals surface area (Å²) in [6.07, 6.45) is -0.716. The van der Waals surface area contributed by atoms with Gasteiger partial charge in [0, 0.05) is 23.7 Å². The Labute approximate surface area is 161 Å². The van der Waals surface area contributed by atoms with E-state index in [0.29, 0.717) is 22.7 Å². The number of methoxy groups -OCH3 is 2. The van der Waals surface area contributed by atoms with Crippen LogP contribution in [0.2, 0.25) is 5.02 Å². The Bertz CT molecular complexity index is 839. The average molecular weight is 394 g/mol. The summed E-state index contributed by atoms with van der Waals surface area (Å²) in [5.74, 6) is -0.484. The van der Waals surface area contributed by atoms with Crippen molar-refractivity contribution in [2.24, 2.45) is 0 Å². The van der Waals surface area contributed by atoms with Gasteiger partial charge in [-0.05, 0) is 36.8 Å². The third-order valence-electron chi connectivity index (χ3n) is 3.93. The molecule has 27 heavy (non-hydrogen) atoms. The van der Waals surface area contributed by atoms with Crippen LogP contribution in [-0.2, 0) is 4.79 Å². The molecule has 0 radical (unpaired) electrons. The van der Waals surface area contributed by atoms with E-state index in [2.05, 4.69) is 5.32 Å². The molecule has 0 aliphatic rings. The number of hydrogen-bond acceptors (Lipinski definition) is 5. The average Bonchev–Trinajstić information content (AvgIpc) is 2.66. The van der Waals surface area contributed by atoms with Crippen LogP contribution in [0.3, 0.4) is 0 Å². The van der Waals surface area contributed by atoms with Gasteiger partial charge in [-0.1, -0.05) is 11.6 Å². The van der Waals surface area contributed by atoms with Crippen LogP contribution in [0.15, 0.2) is 36.4 Å². The molecule has 2 rings (SSSR count). The standard InChI is InChI=1S/C19H20ClNO6/c1-26-12-4-5-13(17(10-12)27-2)16(22)7-8-18(23)21-11-3-6-15(20)14(9-11)19(24)25/h3-6,9-10,16,22H,7-8H2,1-2H3,(H,21,23)(H,24,25). The lowest BCUT2D eigenvalue weighted by molar-refractivity contribution is -0.116. The maximum absolute atomic E-state index is 12.1. The van der Waals surface area contributed by atoms with E-state index in [1.165, 1.54) is 32.4 Å². The van der Waals surface area contributed by atoms with Crippen molar-refractivity contribution < 1.29 is 29.3 Å². The number of benzene rings is 2. The molecule has 0 aliphatic heterocycles. The van der Waals surface area contributed by atoms with Crippen molar-refractivity contribution in [3.05, 3.63) is 52.5 Å². The highest BCUT2D eigenvalue weighted by Gasteiger charge is 2.16. The number of rotatable bonds is 8. The molecule has 8 heteroatoms. The number of ether oxygens (including phenoxy) is 2. The summed E-state index contributed by atoms with van der Waals surface area (Å²) < 4.78 is 10.4. The molecule has 0 bridgehead atoms. The van der Waals surface area contributed by atoms with Crippen molar-refractivity contribution in [1.82, 2.24) is 0 Å². The van der Waals surface area contributed by atoms with Crippen molar-refractivity contribution in [2.75, 3.05) is 19.5 Å². The Hall–Kier alpha value is -2.77. The van der Waals surface area contributed by atoms with Crippen molar-refractivity contribution in [3.8, 4) is 11.5 Å². The van der Waals surface area contributed by atoms with E-state index in [0.717, 1.165) is 0 Å². The molecule has 3 N–H and O–H groups in total. The zero-order valence-corrected chi connectivity index (χ0v) is 15.6. The molecular weight excluding hydrogens is 374 g/mol. The molecule has 1 unspecified atom stereocenters. The number of aliphatic hydroxyl groups is 1. The lowest BCUT2D eigenvalue weighted by Crippen LogP contribution is -2.14. The predicted molar refractivity (Wildman–Crippen MR) is 101 cm³/mol. The molecule has 7 nitrogen and oxygen atoms in total. The molecule has 2 aromatic carbocycles. The Balaban J connectivity index is 1.99. The second-order valence-corrected chi connectivity index (χ2v) is 6.12. The van der Waals surface area contributed by atoms with E-state index in [9.17, 15) is 14.7 Å². The van der Waals surface area contributed by atoms with Gasteiger partial charge in [0.2, 0.25) is 5.91 Å². The molecule has 0 fully saturated rings. The number of hydrogen-bond donors (Lipinski definition) is 3. The molecular formula is C19H20ClNO6. The van der Waals surface area contributed by atoms with E-state index in [1.54, 1.807) is 18.2 Å². The van der Waals surface area contributed by atoms with Crippen molar-refractivity contribution >= 4 is 29.2 Å². The van der Waals surface area contributed by atoms with Gasteiger partial charge >= 0.3 is 5.97 Å². The monoisotopic (exact) mass is 393 g/mol. The summed E-state index contributed by atoms with van der Waals surface area (Å²) in [5, 5.41) is 22.1. The van der Waals surface area contributed by atoms with Gasteiger partial charge in [0.25, 0.3) is 0 Å². The maximum atomic E-state index is 12.1. The molecule has 1 atom stereocenters. The highest BCUT2D eigenvalue weighted by atomic mass is 35.5. The minimum Gasteiger partial charge on any atom is -0.497 e. The molecule has 0 aliphatic carbocycles. The Morgan fingerprint density at radius 2 is 1.89 bits per heavy atom. The normalized spacial score (nSPS) is 11.6. The fraction of sp³-hybridized carbons (Fsp3) is 0.263. The smallest absolute Gasteiger partial charge is 0.337 e. The van der Waals surface area contributed by atoms with E-state index in [-0.39, 0.29) is 29.3 Å². The number of carbonyl (C=O) groups excluding carboxylic acids is 1. The van der Waals surface area contributed by atoms with Crippen LogP contribution >= 0.6 is 11.6 Å². The van der Waals surface area contributed by atoms with Crippen LogP contribution in [0.1, 0.15) is 34.9 Å². The van der Waals surface area contributed by atoms with Crippen LogP contribution in [-0.4, -0.2) is 36.3 Å². The number of carbonyl (C=O) groups is 2. The number of aliphatic hydroxyl groups excluding tert-OH is 1. The largest absolute Gasteiger partial charge is 0.497 e. The minimum atomic E-state index is -1.18. The number of aromatic carboxylic acids is 1. The maximum Gasteiger partial charge on any atom is 0.337 e. The van der Waals surface area contributed by atoms with Gasteiger partial charge in [0.05, 0.1) is 30.9 Å². The SMILES string of the molecule is COc1ccc(C(O)CCC(=O)Nc2ccc(Cl)c(C(=O)O)c2)c(OC)c1. The molecule has 0 spiro atoms. The van der Waals surface area contributed by atoms with Gasteiger partial charge in [0.1, 0.15) is 11.5 Å². The molecule has 1 amide bonds. The summed E-state index contributed by atoms with van der Waals surface area (Å²) in [4.78, 5) is 23.2. The van der Waals surface area contributed by atoms with Gasteiger partial charge < -0.3 is 25.0 Å². The third-order valence-corrected chi connectivity index (χ3v) is 4.25. The molecule has 2 aromatic rings. The van der Waals surface area contributed by atoms with Crippen molar-refractivity contribution in [1.29, 1.82) is 0 Å². The second kappa shape index (κ2) is 9.25. The summed E-state index contributed by atoms with van der Waals surface area (Å²) in [7, 11) is 3.01. The molecule has 0 aromatic heterocycles. The topological polar surface area (TPSA) is 105 Å². The molecule has 0 saturated heterocycles. The summed E-state index contributed by atoms with van der Waals surface area (Å²) in [6, 6.07) is 9.22.